The zero-order chi connectivity index (χ0) is 23.6. The van der Waals surface area contributed by atoms with Crippen LogP contribution in [0.25, 0.3) is 21.3 Å². The van der Waals surface area contributed by atoms with Crippen LogP contribution in [0.1, 0.15) is 30.8 Å². The maximum absolute atomic E-state index is 13.1. The van der Waals surface area contributed by atoms with E-state index in [1.165, 1.54) is 16.9 Å². The van der Waals surface area contributed by atoms with Crippen LogP contribution in [0.3, 0.4) is 0 Å². The van der Waals surface area contributed by atoms with Crippen LogP contribution in [0.15, 0.2) is 28.4 Å². The van der Waals surface area contributed by atoms with Gasteiger partial charge in [-0.05, 0) is 38.8 Å². The molecule has 0 radical (unpaired) electrons. The van der Waals surface area contributed by atoms with Crippen LogP contribution in [0.5, 0.6) is 0 Å². The summed E-state index contributed by atoms with van der Waals surface area (Å²) in [4.78, 5) is 26.2. The van der Waals surface area contributed by atoms with Gasteiger partial charge in [0.05, 0.1) is 30.7 Å². The van der Waals surface area contributed by atoms with Crippen LogP contribution in [0, 0.1) is 13.8 Å². The van der Waals surface area contributed by atoms with E-state index in [2.05, 4.69) is 46.8 Å². The number of morpholine rings is 1. The molecule has 2 aromatic heterocycles. The van der Waals surface area contributed by atoms with Gasteiger partial charge in [-0.1, -0.05) is 23.8 Å². The van der Waals surface area contributed by atoms with Crippen LogP contribution >= 0.6 is 11.3 Å². The lowest BCUT2D eigenvalue weighted by Crippen LogP contribution is -2.45. The highest BCUT2D eigenvalue weighted by Gasteiger charge is 2.22. The molecular formula is C25H34N4O3S. The van der Waals surface area contributed by atoms with E-state index in [1.54, 1.807) is 0 Å². The quantitative estimate of drug-likeness (QED) is 0.526. The molecule has 4 rings (SSSR count). The fraction of sp³-hybridized carbons (Fsp3) is 0.520. The van der Waals surface area contributed by atoms with Gasteiger partial charge in [-0.25, -0.2) is 4.98 Å². The van der Waals surface area contributed by atoms with Crippen LogP contribution in [-0.4, -0.2) is 76.4 Å². The molecule has 3 aromatic rings. The number of aryl methyl sites for hydroxylation is 2. The Morgan fingerprint density at radius 3 is 2.70 bits per heavy atom. The Morgan fingerprint density at radius 1 is 1.24 bits per heavy atom. The van der Waals surface area contributed by atoms with Gasteiger partial charge in [0.25, 0.3) is 5.56 Å². The number of aromatic nitrogens is 2. The smallest absolute Gasteiger partial charge is 0.260 e. The molecular weight excluding hydrogens is 436 g/mol. The molecule has 1 aliphatic heterocycles. The first-order valence-corrected chi connectivity index (χ1v) is 12.4. The Kier molecular flexibility index (Phi) is 7.31. The van der Waals surface area contributed by atoms with E-state index in [1.807, 2.05) is 19.2 Å². The van der Waals surface area contributed by atoms with Crippen molar-refractivity contribution >= 4 is 21.6 Å². The Hall–Kier alpha value is -2.10. The van der Waals surface area contributed by atoms with E-state index in [4.69, 9.17) is 9.72 Å². The number of fused-ring (bicyclic) bond motifs is 1. The van der Waals surface area contributed by atoms with Gasteiger partial charge >= 0.3 is 0 Å². The number of nitrogens with one attached hydrogen (secondary N) is 1. The van der Waals surface area contributed by atoms with Gasteiger partial charge in [0.2, 0.25) is 0 Å². The molecule has 0 saturated carbocycles. The van der Waals surface area contributed by atoms with Gasteiger partial charge in [0, 0.05) is 43.7 Å². The molecule has 1 saturated heterocycles. The van der Waals surface area contributed by atoms with Gasteiger partial charge in [-0.15, -0.1) is 11.3 Å². The van der Waals surface area contributed by atoms with Crippen molar-refractivity contribution < 1.29 is 9.84 Å². The highest BCUT2D eigenvalue weighted by atomic mass is 32.1. The molecule has 7 nitrogen and oxygen atoms in total. The van der Waals surface area contributed by atoms with E-state index in [9.17, 15) is 9.90 Å². The molecule has 1 aromatic carbocycles. The number of hydrogen-bond donors (Lipinski definition) is 2. The van der Waals surface area contributed by atoms with Crippen molar-refractivity contribution in [2.45, 2.75) is 39.8 Å². The zero-order valence-corrected chi connectivity index (χ0v) is 20.8. The average molecular weight is 471 g/mol. The minimum atomic E-state index is -0.839. The summed E-state index contributed by atoms with van der Waals surface area (Å²) in [7, 11) is 0. The van der Waals surface area contributed by atoms with Crippen molar-refractivity contribution in [1.82, 2.24) is 19.8 Å². The molecule has 3 heterocycles. The minimum Gasteiger partial charge on any atom is -0.389 e. The fourth-order valence-electron chi connectivity index (χ4n) is 4.46. The summed E-state index contributed by atoms with van der Waals surface area (Å²) >= 11 is 1.51. The van der Waals surface area contributed by atoms with Gasteiger partial charge in [0.15, 0.2) is 0 Å². The zero-order valence-electron chi connectivity index (χ0n) is 20.0. The molecule has 0 amide bonds. The van der Waals surface area contributed by atoms with Crippen molar-refractivity contribution in [1.29, 1.82) is 0 Å². The van der Waals surface area contributed by atoms with Crippen molar-refractivity contribution in [3.63, 3.8) is 0 Å². The third kappa shape index (κ3) is 6.07. The Morgan fingerprint density at radius 2 is 2.00 bits per heavy atom. The van der Waals surface area contributed by atoms with Crippen molar-refractivity contribution in [3.05, 3.63) is 50.9 Å². The number of benzene rings is 1. The highest BCUT2D eigenvalue weighted by molar-refractivity contribution is 7.17. The molecule has 0 spiro atoms. The molecule has 0 unspecified atom stereocenters. The first-order valence-electron chi connectivity index (χ1n) is 11.5. The predicted molar refractivity (Wildman–Crippen MR) is 134 cm³/mol. The minimum absolute atomic E-state index is 0.109. The number of nitrogens with zero attached hydrogens (tertiary/aromatic N) is 3. The number of H-pyrrole nitrogens is 1. The molecule has 0 bridgehead atoms. The van der Waals surface area contributed by atoms with E-state index in [0.29, 0.717) is 24.3 Å². The Labute approximate surface area is 199 Å². The number of aliphatic hydroxyl groups is 1. The fourth-order valence-corrected chi connectivity index (χ4v) is 5.42. The van der Waals surface area contributed by atoms with E-state index in [0.717, 1.165) is 60.9 Å². The number of aromatic amines is 1. The number of thiophene rings is 1. The number of rotatable bonds is 8. The van der Waals surface area contributed by atoms with Crippen molar-refractivity contribution in [2.75, 3.05) is 45.9 Å². The summed E-state index contributed by atoms with van der Waals surface area (Å²) in [6, 6.07) is 6.29. The molecule has 1 fully saturated rings. The Bertz CT molecular complexity index is 1160. The second-order valence-corrected chi connectivity index (χ2v) is 10.5. The molecule has 178 valence electrons. The third-order valence-corrected chi connectivity index (χ3v) is 6.86. The first-order chi connectivity index (χ1) is 15.7. The summed E-state index contributed by atoms with van der Waals surface area (Å²) in [6.07, 6.45) is 0. The van der Waals surface area contributed by atoms with Crippen LogP contribution < -0.4 is 5.56 Å². The lowest BCUT2D eigenvalue weighted by atomic mass is 9.99. The van der Waals surface area contributed by atoms with Gasteiger partial charge in [-0.2, -0.15) is 0 Å². The lowest BCUT2D eigenvalue weighted by Gasteiger charge is -2.32. The van der Waals surface area contributed by atoms with E-state index in [-0.39, 0.29) is 5.56 Å². The lowest BCUT2D eigenvalue weighted by molar-refractivity contribution is 0.0134. The summed E-state index contributed by atoms with van der Waals surface area (Å²) in [5.41, 5.74) is 3.41. The predicted octanol–water partition coefficient (Wildman–Crippen LogP) is 3.17. The van der Waals surface area contributed by atoms with Crippen molar-refractivity contribution in [2.24, 2.45) is 0 Å². The van der Waals surface area contributed by atoms with Gasteiger partial charge in [0.1, 0.15) is 10.7 Å². The second kappa shape index (κ2) is 10.0. The summed E-state index contributed by atoms with van der Waals surface area (Å²) in [6.45, 7) is 13.8. The maximum atomic E-state index is 13.1. The van der Waals surface area contributed by atoms with Crippen molar-refractivity contribution in [3.8, 4) is 11.1 Å². The molecule has 0 atom stereocenters. The normalized spacial score (nSPS) is 15.6. The van der Waals surface area contributed by atoms with Gasteiger partial charge in [-0.3, -0.25) is 14.6 Å². The molecule has 1 aliphatic rings. The van der Waals surface area contributed by atoms with Gasteiger partial charge < -0.3 is 14.8 Å². The van der Waals surface area contributed by atoms with Crippen LogP contribution in [0.4, 0.5) is 0 Å². The Balaban J connectivity index is 1.57. The SMILES string of the molecule is Cc1ccc(-c2csc3nc(CN(CCN4CCOCC4)CC(C)(C)O)[nH]c(=O)c23)c(C)c1. The summed E-state index contributed by atoms with van der Waals surface area (Å²) in [5, 5.41) is 13.1. The number of ether oxygens (including phenoxy) is 1. The largest absolute Gasteiger partial charge is 0.389 e. The van der Waals surface area contributed by atoms with E-state index >= 15 is 0 Å². The van der Waals surface area contributed by atoms with Crippen LogP contribution in [0.2, 0.25) is 0 Å². The molecule has 2 N–H and O–H groups in total. The molecule has 33 heavy (non-hydrogen) atoms. The second-order valence-electron chi connectivity index (χ2n) is 9.64. The van der Waals surface area contributed by atoms with E-state index < -0.39 is 5.60 Å². The molecule has 8 heteroatoms. The third-order valence-electron chi connectivity index (χ3n) is 5.99. The maximum Gasteiger partial charge on any atom is 0.260 e. The number of hydrogen-bond acceptors (Lipinski definition) is 7. The van der Waals surface area contributed by atoms with Crippen LogP contribution in [-0.2, 0) is 11.3 Å². The monoisotopic (exact) mass is 470 g/mol. The highest BCUT2D eigenvalue weighted by Crippen LogP contribution is 2.33. The standard InChI is InChI=1S/C25H34N4O3S/c1-17-5-6-19(18(2)13-17)20-15-33-24-22(20)23(30)26-21(27-24)14-29(16-25(3,4)31)8-7-28-9-11-32-12-10-28/h5-6,13,15,31H,7-12,14,16H2,1-4H3,(H,26,27,30). The summed E-state index contributed by atoms with van der Waals surface area (Å²) < 4.78 is 5.44. The first kappa shape index (κ1) is 24.0. The molecule has 0 aliphatic carbocycles. The topological polar surface area (TPSA) is 81.7 Å². The average Bonchev–Trinajstić information content (AvgIpc) is 3.16. The summed E-state index contributed by atoms with van der Waals surface area (Å²) in [5.74, 6) is 0.632.